The lowest BCUT2D eigenvalue weighted by Crippen LogP contribution is -2.04. The fourth-order valence-corrected chi connectivity index (χ4v) is 7.75. The summed E-state index contributed by atoms with van der Waals surface area (Å²) in [6.07, 6.45) is 16.1. The molecule has 214 valence electrons. The zero-order chi connectivity index (χ0) is 29.5. The molecule has 3 heterocycles. The summed E-state index contributed by atoms with van der Waals surface area (Å²) < 4.78 is 11.0. The molecule has 0 amide bonds. The van der Waals surface area contributed by atoms with E-state index in [1.165, 1.54) is 60.8 Å². The third-order valence-corrected chi connectivity index (χ3v) is 9.80. The Labute approximate surface area is 260 Å². The highest BCUT2D eigenvalue weighted by Crippen LogP contribution is 2.40. The molecule has 2 aliphatic rings. The van der Waals surface area contributed by atoms with Gasteiger partial charge >= 0.3 is 0 Å². The summed E-state index contributed by atoms with van der Waals surface area (Å²) in [5.74, 6) is 0. The number of furan rings is 1. The predicted octanol–water partition coefficient (Wildman–Crippen LogP) is 11.5. The molecule has 0 aliphatic heterocycles. The van der Waals surface area contributed by atoms with E-state index in [4.69, 9.17) is 4.42 Å². The Bertz CT molecular complexity index is 2600. The van der Waals surface area contributed by atoms with Gasteiger partial charge in [-0.3, -0.25) is 0 Å². The molecule has 2 aliphatic carbocycles. The van der Waals surface area contributed by atoms with Crippen molar-refractivity contribution in [2.45, 2.75) is 25.7 Å². The second-order valence-corrected chi connectivity index (χ2v) is 12.3. The van der Waals surface area contributed by atoms with Gasteiger partial charge in [-0.05, 0) is 97.5 Å². The zero-order valence-electron chi connectivity index (χ0n) is 24.8. The molecular formula is C42H30N2O. The van der Waals surface area contributed by atoms with Gasteiger partial charge in [0.05, 0.1) is 16.6 Å². The zero-order valence-corrected chi connectivity index (χ0v) is 24.8. The molecule has 8 aromatic rings. The van der Waals surface area contributed by atoms with Gasteiger partial charge in [-0.1, -0.05) is 72.8 Å². The highest BCUT2D eigenvalue weighted by Gasteiger charge is 2.21. The van der Waals surface area contributed by atoms with E-state index in [0.29, 0.717) is 0 Å². The van der Waals surface area contributed by atoms with Gasteiger partial charge in [0.2, 0.25) is 0 Å². The monoisotopic (exact) mass is 578 g/mol. The van der Waals surface area contributed by atoms with Crippen molar-refractivity contribution in [1.29, 1.82) is 0 Å². The number of aromatic nitrogens is 2. The van der Waals surface area contributed by atoms with E-state index in [1.807, 2.05) is 12.1 Å². The van der Waals surface area contributed by atoms with Crippen LogP contribution >= 0.6 is 0 Å². The Kier molecular flexibility index (Phi) is 5.23. The van der Waals surface area contributed by atoms with Crippen molar-refractivity contribution >= 4 is 66.4 Å². The number of allylic oxidation sites excluding steroid dienone is 5. The molecule has 0 atom stereocenters. The highest BCUT2D eigenvalue weighted by molar-refractivity contribution is 6.12. The van der Waals surface area contributed by atoms with Gasteiger partial charge in [0.15, 0.2) is 0 Å². The second kappa shape index (κ2) is 9.48. The van der Waals surface area contributed by atoms with Crippen LogP contribution in [0, 0.1) is 0 Å². The first-order valence-corrected chi connectivity index (χ1v) is 16.0. The Morgan fingerprint density at radius 1 is 0.511 bits per heavy atom. The van der Waals surface area contributed by atoms with Crippen molar-refractivity contribution in [3.63, 3.8) is 0 Å². The normalized spacial score (nSPS) is 14.7. The molecule has 0 radical (unpaired) electrons. The lowest BCUT2D eigenvalue weighted by atomic mass is 9.98. The Balaban J connectivity index is 1.16. The quantitative estimate of drug-likeness (QED) is 0.204. The maximum atomic E-state index is 6.14. The third kappa shape index (κ3) is 3.64. The summed E-state index contributed by atoms with van der Waals surface area (Å²) in [6, 6.07) is 37.6. The fraction of sp³-hybridized carbons (Fsp3) is 0.0952. The van der Waals surface area contributed by atoms with Crippen molar-refractivity contribution in [3.05, 3.63) is 139 Å². The minimum Gasteiger partial charge on any atom is -0.456 e. The van der Waals surface area contributed by atoms with Crippen LogP contribution in [0.3, 0.4) is 0 Å². The number of rotatable bonds is 3. The first kappa shape index (κ1) is 24.9. The highest BCUT2D eigenvalue weighted by atomic mass is 16.3. The van der Waals surface area contributed by atoms with Crippen LogP contribution in [0.1, 0.15) is 30.5 Å². The van der Waals surface area contributed by atoms with Crippen LogP contribution in [0.15, 0.2) is 132 Å². The number of para-hydroxylation sites is 2. The van der Waals surface area contributed by atoms with Crippen molar-refractivity contribution in [2.75, 3.05) is 0 Å². The van der Waals surface area contributed by atoms with Crippen molar-refractivity contribution < 1.29 is 4.42 Å². The van der Waals surface area contributed by atoms with Crippen LogP contribution in [0.4, 0.5) is 0 Å². The van der Waals surface area contributed by atoms with Gasteiger partial charge in [0.25, 0.3) is 0 Å². The standard InChI is InChI=1S/C42H30N2O/c1-2-10-29(11-3-1)43-37-15-7-4-12-31(37)34-24-27(18-21-39(34)43)28-19-22-40-35(25-28)32-13-5-8-16-38(32)44(40)30-20-23-42-36(26-30)33-14-6-9-17-41(33)45-42/h2,4-6,8-14,16-26H,1,3,7,15H2. The minimum absolute atomic E-state index is 0.917. The van der Waals surface area contributed by atoms with E-state index < -0.39 is 0 Å². The first-order chi connectivity index (χ1) is 22.3. The summed E-state index contributed by atoms with van der Waals surface area (Å²) in [4.78, 5) is 0. The number of benzene rings is 5. The van der Waals surface area contributed by atoms with Gasteiger partial charge in [0, 0.05) is 49.6 Å². The molecule has 0 N–H and O–H groups in total. The summed E-state index contributed by atoms with van der Waals surface area (Å²) in [7, 11) is 0. The molecule has 0 saturated carbocycles. The average Bonchev–Trinajstić information content (AvgIpc) is 3.75. The largest absolute Gasteiger partial charge is 0.456 e. The summed E-state index contributed by atoms with van der Waals surface area (Å²) in [5, 5.41) is 6.14. The SMILES string of the molecule is C1=CC(n2c3c(c4cc(-c5ccc6c(c5)c5ccccc5n6-c5ccc6oc7ccccc7c6c5)ccc42)C=CCC3)=CCC1. The molecule has 3 nitrogen and oxygen atoms in total. The van der Waals surface area contributed by atoms with Crippen molar-refractivity contribution in [1.82, 2.24) is 9.13 Å². The predicted molar refractivity (Wildman–Crippen MR) is 189 cm³/mol. The van der Waals surface area contributed by atoms with Crippen LogP contribution in [0.2, 0.25) is 0 Å². The first-order valence-electron chi connectivity index (χ1n) is 16.0. The van der Waals surface area contributed by atoms with Crippen LogP contribution < -0.4 is 0 Å². The Hall–Kier alpha value is -5.54. The summed E-state index contributed by atoms with van der Waals surface area (Å²) >= 11 is 0. The van der Waals surface area contributed by atoms with Crippen molar-refractivity contribution in [3.8, 4) is 16.8 Å². The molecule has 3 heteroatoms. The average molecular weight is 579 g/mol. The maximum absolute atomic E-state index is 6.14. The van der Waals surface area contributed by atoms with Crippen LogP contribution in [-0.2, 0) is 6.42 Å². The van der Waals surface area contributed by atoms with E-state index >= 15 is 0 Å². The smallest absolute Gasteiger partial charge is 0.135 e. The van der Waals surface area contributed by atoms with Gasteiger partial charge in [-0.15, -0.1) is 0 Å². The number of nitrogens with zero attached hydrogens (tertiary/aromatic N) is 2. The van der Waals surface area contributed by atoms with Crippen LogP contribution in [-0.4, -0.2) is 9.13 Å². The van der Waals surface area contributed by atoms with Crippen LogP contribution in [0.25, 0.3) is 83.2 Å². The molecule has 0 bridgehead atoms. The summed E-state index contributed by atoms with van der Waals surface area (Å²) in [6.45, 7) is 0. The molecule has 0 unspecified atom stereocenters. The lowest BCUT2D eigenvalue weighted by Gasteiger charge is -2.16. The summed E-state index contributed by atoms with van der Waals surface area (Å²) in [5.41, 5.74) is 13.3. The number of hydrogen-bond donors (Lipinski definition) is 0. The lowest BCUT2D eigenvalue weighted by molar-refractivity contribution is 0.669. The molecule has 0 fully saturated rings. The Morgan fingerprint density at radius 2 is 1.24 bits per heavy atom. The van der Waals surface area contributed by atoms with E-state index in [2.05, 4.69) is 131 Å². The molecule has 0 saturated heterocycles. The van der Waals surface area contributed by atoms with E-state index in [-0.39, 0.29) is 0 Å². The maximum Gasteiger partial charge on any atom is 0.135 e. The van der Waals surface area contributed by atoms with E-state index in [1.54, 1.807) is 0 Å². The van der Waals surface area contributed by atoms with Gasteiger partial charge in [0.1, 0.15) is 11.2 Å². The minimum atomic E-state index is 0.917. The third-order valence-electron chi connectivity index (χ3n) is 9.80. The van der Waals surface area contributed by atoms with Crippen molar-refractivity contribution in [2.24, 2.45) is 0 Å². The Morgan fingerprint density at radius 3 is 2.11 bits per heavy atom. The fourth-order valence-electron chi connectivity index (χ4n) is 7.75. The van der Waals surface area contributed by atoms with Crippen LogP contribution in [0.5, 0.6) is 0 Å². The van der Waals surface area contributed by atoms with Gasteiger partial charge in [-0.25, -0.2) is 0 Å². The number of fused-ring (bicyclic) bond motifs is 9. The molecule has 5 aromatic carbocycles. The molecule has 45 heavy (non-hydrogen) atoms. The van der Waals surface area contributed by atoms with Gasteiger partial charge in [-0.2, -0.15) is 0 Å². The molecule has 3 aromatic heterocycles. The second-order valence-electron chi connectivity index (χ2n) is 12.3. The molecular weight excluding hydrogens is 548 g/mol. The van der Waals surface area contributed by atoms with E-state index in [0.717, 1.165) is 53.3 Å². The topological polar surface area (TPSA) is 23.0 Å². The van der Waals surface area contributed by atoms with E-state index in [9.17, 15) is 0 Å². The number of hydrogen-bond acceptors (Lipinski definition) is 1. The molecule has 10 rings (SSSR count). The molecule has 0 spiro atoms. The van der Waals surface area contributed by atoms with Gasteiger partial charge < -0.3 is 13.6 Å².